The van der Waals surface area contributed by atoms with Gasteiger partial charge in [0.2, 0.25) is 5.91 Å². The van der Waals surface area contributed by atoms with Gasteiger partial charge in [-0.05, 0) is 60.9 Å². The lowest BCUT2D eigenvalue weighted by Gasteiger charge is -2.37. The highest BCUT2D eigenvalue weighted by atomic mass is 16.5. The lowest BCUT2D eigenvalue weighted by atomic mass is 10.0. The van der Waals surface area contributed by atoms with E-state index in [-0.39, 0.29) is 5.91 Å². The molecule has 1 fully saturated rings. The number of carbonyl (C=O) groups excluding carboxylic acids is 1. The Bertz CT molecular complexity index is 860. The number of carbonyl (C=O) groups is 1. The molecular weight excluding hydrogens is 378 g/mol. The fraction of sp³-hybridized carbons (Fsp3) is 0.458. The van der Waals surface area contributed by atoms with E-state index in [2.05, 4.69) is 34.1 Å². The zero-order valence-corrected chi connectivity index (χ0v) is 18.0. The summed E-state index contributed by atoms with van der Waals surface area (Å²) >= 11 is 0. The SMILES string of the molecule is COc1ccc(N2CCN(C(=O)CCN3CCCc4cc(OC)ccc43)CC2)cc1. The topological polar surface area (TPSA) is 45.2 Å². The van der Waals surface area contributed by atoms with Crippen molar-refractivity contribution in [2.45, 2.75) is 19.3 Å². The molecule has 6 nitrogen and oxygen atoms in total. The van der Waals surface area contributed by atoms with E-state index in [0.29, 0.717) is 6.42 Å². The Hall–Kier alpha value is -2.89. The average molecular weight is 410 g/mol. The van der Waals surface area contributed by atoms with E-state index in [1.54, 1.807) is 14.2 Å². The Balaban J connectivity index is 1.28. The quantitative estimate of drug-likeness (QED) is 0.733. The first kappa shape index (κ1) is 20.4. The van der Waals surface area contributed by atoms with Crippen LogP contribution in [0.5, 0.6) is 11.5 Å². The van der Waals surface area contributed by atoms with Crippen LogP contribution in [-0.2, 0) is 11.2 Å². The minimum atomic E-state index is 0.255. The molecule has 160 valence electrons. The van der Waals surface area contributed by atoms with Gasteiger partial charge in [0, 0.05) is 57.1 Å². The highest BCUT2D eigenvalue weighted by molar-refractivity contribution is 5.77. The standard InChI is InChI=1S/C24H31N3O3/c1-29-21-7-5-20(6-8-21)25-14-16-27(17-15-25)24(28)11-13-26-12-3-4-19-18-22(30-2)9-10-23(19)26/h5-10,18H,3-4,11-17H2,1-2H3. The molecule has 0 spiro atoms. The van der Waals surface area contributed by atoms with Gasteiger partial charge in [-0.1, -0.05) is 0 Å². The van der Waals surface area contributed by atoms with Gasteiger partial charge in [0.05, 0.1) is 14.2 Å². The number of methoxy groups -OCH3 is 2. The number of fused-ring (bicyclic) bond motifs is 1. The fourth-order valence-corrected chi connectivity index (χ4v) is 4.41. The van der Waals surface area contributed by atoms with Gasteiger partial charge in [0.15, 0.2) is 0 Å². The molecule has 2 aromatic carbocycles. The summed E-state index contributed by atoms with van der Waals surface area (Å²) in [6.45, 7) is 5.07. The maximum absolute atomic E-state index is 12.8. The summed E-state index contributed by atoms with van der Waals surface area (Å²) in [5, 5.41) is 0. The van der Waals surface area contributed by atoms with Crippen LogP contribution in [0.4, 0.5) is 11.4 Å². The van der Waals surface area contributed by atoms with Crippen molar-refractivity contribution in [2.24, 2.45) is 0 Å². The van der Waals surface area contributed by atoms with Gasteiger partial charge in [-0.2, -0.15) is 0 Å². The van der Waals surface area contributed by atoms with Crippen LogP contribution in [0, 0.1) is 0 Å². The first-order chi connectivity index (χ1) is 14.7. The van der Waals surface area contributed by atoms with E-state index >= 15 is 0 Å². The normalized spacial score (nSPS) is 16.3. The van der Waals surface area contributed by atoms with E-state index in [1.807, 2.05) is 23.1 Å². The molecule has 4 rings (SSSR count). The molecule has 2 aromatic rings. The smallest absolute Gasteiger partial charge is 0.224 e. The van der Waals surface area contributed by atoms with Crippen LogP contribution in [0.1, 0.15) is 18.4 Å². The third-order valence-corrected chi connectivity index (χ3v) is 6.17. The minimum absolute atomic E-state index is 0.255. The summed E-state index contributed by atoms with van der Waals surface area (Å²) in [4.78, 5) is 19.5. The summed E-state index contributed by atoms with van der Waals surface area (Å²) in [6, 6.07) is 14.4. The number of rotatable bonds is 6. The molecule has 2 aliphatic rings. The number of aryl methyl sites for hydroxylation is 1. The predicted octanol–water partition coefficient (Wildman–Crippen LogP) is 3.20. The van der Waals surface area contributed by atoms with Gasteiger partial charge in [0.1, 0.15) is 11.5 Å². The van der Waals surface area contributed by atoms with Gasteiger partial charge >= 0.3 is 0 Å². The van der Waals surface area contributed by atoms with Gasteiger partial charge in [-0.3, -0.25) is 4.79 Å². The van der Waals surface area contributed by atoms with Gasteiger partial charge in [0.25, 0.3) is 0 Å². The van der Waals surface area contributed by atoms with Crippen LogP contribution in [0.3, 0.4) is 0 Å². The Kier molecular flexibility index (Phi) is 6.31. The van der Waals surface area contributed by atoms with Crippen molar-refractivity contribution in [3.8, 4) is 11.5 Å². The molecule has 0 unspecified atom stereocenters. The summed E-state index contributed by atoms with van der Waals surface area (Å²) in [6.07, 6.45) is 2.76. The summed E-state index contributed by atoms with van der Waals surface area (Å²) in [7, 11) is 3.38. The van der Waals surface area contributed by atoms with Crippen LogP contribution in [0.15, 0.2) is 42.5 Å². The highest BCUT2D eigenvalue weighted by Crippen LogP contribution is 2.30. The van der Waals surface area contributed by atoms with E-state index in [1.165, 1.54) is 16.9 Å². The van der Waals surface area contributed by atoms with Crippen LogP contribution >= 0.6 is 0 Å². The van der Waals surface area contributed by atoms with Crippen LogP contribution in [0.2, 0.25) is 0 Å². The first-order valence-electron chi connectivity index (χ1n) is 10.8. The maximum atomic E-state index is 12.8. The second-order valence-corrected chi connectivity index (χ2v) is 7.90. The third kappa shape index (κ3) is 4.48. The Morgan fingerprint density at radius 3 is 2.30 bits per heavy atom. The van der Waals surface area contributed by atoms with E-state index in [4.69, 9.17) is 9.47 Å². The molecular formula is C24H31N3O3. The Morgan fingerprint density at radius 2 is 1.60 bits per heavy atom. The van der Waals surface area contributed by atoms with Crippen LogP contribution in [0.25, 0.3) is 0 Å². The number of amides is 1. The minimum Gasteiger partial charge on any atom is -0.497 e. The Labute approximate surface area is 179 Å². The summed E-state index contributed by atoms with van der Waals surface area (Å²) < 4.78 is 10.6. The predicted molar refractivity (Wildman–Crippen MR) is 120 cm³/mol. The van der Waals surface area contributed by atoms with E-state index in [0.717, 1.165) is 63.6 Å². The molecule has 0 radical (unpaired) electrons. The number of benzene rings is 2. The van der Waals surface area contributed by atoms with E-state index in [9.17, 15) is 4.79 Å². The molecule has 0 aromatic heterocycles. The lowest BCUT2D eigenvalue weighted by molar-refractivity contribution is -0.131. The van der Waals surface area contributed by atoms with Crippen molar-refractivity contribution >= 4 is 17.3 Å². The van der Waals surface area contributed by atoms with Crippen LogP contribution in [-0.4, -0.2) is 64.3 Å². The zero-order chi connectivity index (χ0) is 20.9. The number of nitrogens with zero attached hydrogens (tertiary/aromatic N) is 3. The van der Waals surface area contributed by atoms with Crippen molar-refractivity contribution < 1.29 is 14.3 Å². The molecule has 0 aliphatic carbocycles. The number of hydrogen-bond donors (Lipinski definition) is 0. The molecule has 6 heteroatoms. The van der Waals surface area contributed by atoms with Crippen molar-refractivity contribution in [3.05, 3.63) is 48.0 Å². The maximum Gasteiger partial charge on any atom is 0.224 e. The first-order valence-corrected chi connectivity index (χ1v) is 10.8. The second kappa shape index (κ2) is 9.28. The lowest BCUT2D eigenvalue weighted by Crippen LogP contribution is -2.49. The Morgan fingerprint density at radius 1 is 0.900 bits per heavy atom. The molecule has 2 aliphatic heterocycles. The summed E-state index contributed by atoms with van der Waals surface area (Å²) in [5.74, 6) is 2.02. The largest absolute Gasteiger partial charge is 0.497 e. The number of piperazine rings is 1. The number of hydrogen-bond acceptors (Lipinski definition) is 5. The molecule has 1 amide bonds. The molecule has 2 heterocycles. The number of anilines is 2. The van der Waals surface area contributed by atoms with Crippen molar-refractivity contribution in [2.75, 3.05) is 63.3 Å². The molecule has 1 saturated heterocycles. The molecule has 0 atom stereocenters. The average Bonchev–Trinajstić information content (AvgIpc) is 2.82. The highest BCUT2D eigenvalue weighted by Gasteiger charge is 2.23. The van der Waals surface area contributed by atoms with Crippen LogP contribution < -0.4 is 19.3 Å². The summed E-state index contributed by atoms with van der Waals surface area (Å²) in [5.41, 5.74) is 3.75. The molecule has 0 saturated carbocycles. The van der Waals surface area contributed by atoms with Crippen molar-refractivity contribution in [1.29, 1.82) is 0 Å². The van der Waals surface area contributed by atoms with E-state index < -0.39 is 0 Å². The van der Waals surface area contributed by atoms with Gasteiger partial charge in [-0.15, -0.1) is 0 Å². The number of ether oxygens (including phenoxy) is 2. The van der Waals surface area contributed by atoms with Crippen molar-refractivity contribution in [3.63, 3.8) is 0 Å². The molecule has 30 heavy (non-hydrogen) atoms. The molecule has 0 N–H and O–H groups in total. The van der Waals surface area contributed by atoms with Crippen molar-refractivity contribution in [1.82, 2.24) is 4.90 Å². The molecule has 0 bridgehead atoms. The van der Waals surface area contributed by atoms with Gasteiger partial charge in [-0.25, -0.2) is 0 Å². The second-order valence-electron chi connectivity index (χ2n) is 7.90. The monoisotopic (exact) mass is 409 g/mol. The fourth-order valence-electron chi connectivity index (χ4n) is 4.41. The van der Waals surface area contributed by atoms with Gasteiger partial charge < -0.3 is 24.2 Å². The third-order valence-electron chi connectivity index (χ3n) is 6.17. The zero-order valence-electron chi connectivity index (χ0n) is 18.0.